The first-order chi connectivity index (χ1) is 13.0. The van der Waals surface area contributed by atoms with E-state index >= 15 is 0 Å². The summed E-state index contributed by atoms with van der Waals surface area (Å²) in [6, 6.07) is 13.7. The number of nitrogens with two attached hydrogens (primary N) is 2. The first kappa shape index (κ1) is 18.3. The molecule has 3 rings (SSSR count). The largest absolute Gasteiger partial charge is 0.422 e. The highest BCUT2D eigenvalue weighted by Gasteiger charge is 2.12. The standard InChI is InChI=1S/C17H13BrN6O3/c18-12-6-7-13(26-17(25)10-4-2-1-3-5-10)11(8-12)9-21-22-15(19)14-16(20)24-27-23-14/h1-9H,(H2,19,22)(H2,20,24)/b21-9+. The van der Waals surface area contributed by atoms with E-state index in [0.29, 0.717) is 16.9 Å². The Labute approximate surface area is 161 Å². The molecule has 0 bridgehead atoms. The second kappa shape index (κ2) is 8.23. The van der Waals surface area contributed by atoms with Crippen LogP contribution in [0, 0.1) is 0 Å². The van der Waals surface area contributed by atoms with Crippen LogP contribution < -0.4 is 16.2 Å². The van der Waals surface area contributed by atoms with Crippen LogP contribution in [0.4, 0.5) is 5.82 Å². The highest BCUT2D eigenvalue weighted by molar-refractivity contribution is 9.10. The summed E-state index contributed by atoms with van der Waals surface area (Å²) < 4.78 is 10.7. The molecule has 0 radical (unpaired) electrons. The molecular weight excluding hydrogens is 416 g/mol. The number of carbonyl (C=O) groups is 1. The molecule has 0 aliphatic heterocycles. The van der Waals surface area contributed by atoms with Crippen molar-refractivity contribution >= 4 is 39.8 Å². The molecule has 136 valence electrons. The maximum atomic E-state index is 12.3. The minimum Gasteiger partial charge on any atom is -0.422 e. The van der Waals surface area contributed by atoms with Gasteiger partial charge in [-0.3, -0.25) is 0 Å². The zero-order chi connectivity index (χ0) is 19.2. The molecule has 0 saturated heterocycles. The molecule has 4 N–H and O–H groups in total. The number of rotatable bonds is 5. The third kappa shape index (κ3) is 4.55. The van der Waals surface area contributed by atoms with Crippen molar-refractivity contribution in [1.29, 1.82) is 0 Å². The van der Waals surface area contributed by atoms with Crippen molar-refractivity contribution in [2.45, 2.75) is 0 Å². The number of nitrogen functional groups attached to an aromatic ring is 1. The fourth-order valence-electron chi connectivity index (χ4n) is 2.02. The van der Waals surface area contributed by atoms with Crippen LogP contribution in [0.25, 0.3) is 0 Å². The summed E-state index contributed by atoms with van der Waals surface area (Å²) in [6.45, 7) is 0. The van der Waals surface area contributed by atoms with E-state index < -0.39 is 5.97 Å². The van der Waals surface area contributed by atoms with E-state index in [9.17, 15) is 4.79 Å². The number of benzene rings is 2. The van der Waals surface area contributed by atoms with Crippen molar-refractivity contribution in [3.8, 4) is 5.75 Å². The van der Waals surface area contributed by atoms with Gasteiger partial charge in [-0.05, 0) is 40.6 Å². The molecule has 0 amide bonds. The number of carbonyl (C=O) groups excluding carboxylic acids is 1. The first-order valence-electron chi connectivity index (χ1n) is 7.56. The minimum absolute atomic E-state index is 0.00591. The number of amidine groups is 1. The Balaban J connectivity index is 1.82. The van der Waals surface area contributed by atoms with Crippen molar-refractivity contribution < 1.29 is 14.2 Å². The third-order valence-corrected chi connectivity index (χ3v) is 3.80. The van der Waals surface area contributed by atoms with Crippen molar-refractivity contribution in [2.24, 2.45) is 15.9 Å². The second-order valence-corrected chi connectivity index (χ2v) is 6.08. The number of esters is 1. The number of halogens is 1. The van der Waals surface area contributed by atoms with Crippen LogP contribution in [0.1, 0.15) is 21.6 Å². The molecule has 0 fully saturated rings. The Morgan fingerprint density at radius 1 is 1.19 bits per heavy atom. The molecule has 1 heterocycles. The van der Waals surface area contributed by atoms with E-state index in [0.717, 1.165) is 4.47 Å². The lowest BCUT2D eigenvalue weighted by atomic mass is 10.2. The molecule has 2 aromatic carbocycles. The number of ether oxygens (including phenoxy) is 1. The number of aromatic nitrogens is 2. The highest BCUT2D eigenvalue weighted by Crippen LogP contribution is 2.23. The molecule has 0 unspecified atom stereocenters. The topological polar surface area (TPSA) is 142 Å². The summed E-state index contributed by atoms with van der Waals surface area (Å²) in [6.07, 6.45) is 1.38. The Kier molecular flexibility index (Phi) is 5.57. The van der Waals surface area contributed by atoms with Crippen molar-refractivity contribution in [2.75, 3.05) is 5.73 Å². The van der Waals surface area contributed by atoms with E-state index in [-0.39, 0.29) is 17.3 Å². The average molecular weight is 429 g/mol. The average Bonchev–Trinajstić information content (AvgIpc) is 3.10. The van der Waals surface area contributed by atoms with Crippen molar-refractivity contribution in [1.82, 2.24) is 10.3 Å². The molecule has 0 aliphatic carbocycles. The Bertz CT molecular complexity index is 1020. The van der Waals surface area contributed by atoms with Gasteiger partial charge in [0.15, 0.2) is 17.3 Å². The number of hydrogen-bond donors (Lipinski definition) is 2. The zero-order valence-corrected chi connectivity index (χ0v) is 15.3. The van der Waals surface area contributed by atoms with Crippen LogP contribution in [0.2, 0.25) is 0 Å². The van der Waals surface area contributed by atoms with E-state index in [1.165, 1.54) is 6.21 Å². The van der Waals surface area contributed by atoms with Gasteiger partial charge in [0.2, 0.25) is 0 Å². The fourth-order valence-corrected chi connectivity index (χ4v) is 2.40. The maximum Gasteiger partial charge on any atom is 0.343 e. The summed E-state index contributed by atoms with van der Waals surface area (Å²) in [5, 5.41) is 14.6. The number of nitrogens with zero attached hydrogens (tertiary/aromatic N) is 4. The number of hydrogen-bond acceptors (Lipinski definition) is 8. The van der Waals surface area contributed by atoms with Gasteiger partial charge in [-0.15, -0.1) is 5.10 Å². The quantitative estimate of drug-likeness (QED) is 0.208. The second-order valence-electron chi connectivity index (χ2n) is 5.17. The van der Waals surface area contributed by atoms with E-state index in [1.807, 2.05) is 6.07 Å². The maximum absolute atomic E-state index is 12.3. The minimum atomic E-state index is -0.489. The van der Waals surface area contributed by atoms with Gasteiger partial charge in [-0.25, -0.2) is 9.42 Å². The molecule has 0 spiro atoms. The van der Waals surface area contributed by atoms with E-state index in [4.69, 9.17) is 16.2 Å². The van der Waals surface area contributed by atoms with Gasteiger partial charge in [-0.2, -0.15) is 5.10 Å². The summed E-state index contributed by atoms with van der Waals surface area (Å²) in [5.74, 6) is -0.238. The number of anilines is 1. The van der Waals surface area contributed by atoms with Crippen LogP contribution in [0.15, 0.2) is 67.8 Å². The summed E-state index contributed by atoms with van der Waals surface area (Å²) in [4.78, 5) is 12.3. The van der Waals surface area contributed by atoms with Gasteiger partial charge in [-0.1, -0.05) is 34.1 Å². The monoisotopic (exact) mass is 428 g/mol. The van der Waals surface area contributed by atoms with E-state index in [2.05, 4.69) is 41.1 Å². The molecule has 10 heteroatoms. The Morgan fingerprint density at radius 3 is 2.67 bits per heavy atom. The van der Waals surface area contributed by atoms with Crippen LogP contribution in [0.5, 0.6) is 5.75 Å². The van der Waals surface area contributed by atoms with Gasteiger partial charge in [0.05, 0.1) is 11.8 Å². The van der Waals surface area contributed by atoms with Crippen molar-refractivity contribution in [3.05, 3.63) is 69.8 Å². The van der Waals surface area contributed by atoms with E-state index in [1.54, 1.807) is 42.5 Å². The Morgan fingerprint density at radius 2 is 1.96 bits per heavy atom. The molecule has 0 aliphatic rings. The normalized spacial score (nSPS) is 11.7. The summed E-state index contributed by atoms with van der Waals surface area (Å²) >= 11 is 3.36. The molecular formula is C17H13BrN6O3. The van der Waals surface area contributed by atoms with Gasteiger partial charge >= 0.3 is 5.97 Å². The van der Waals surface area contributed by atoms with Crippen molar-refractivity contribution in [3.63, 3.8) is 0 Å². The summed E-state index contributed by atoms with van der Waals surface area (Å²) in [7, 11) is 0. The third-order valence-electron chi connectivity index (χ3n) is 3.30. The smallest absolute Gasteiger partial charge is 0.343 e. The molecule has 0 saturated carbocycles. The molecule has 3 aromatic rings. The van der Waals surface area contributed by atoms with Gasteiger partial charge in [0.1, 0.15) is 5.75 Å². The lowest BCUT2D eigenvalue weighted by Gasteiger charge is -2.07. The molecule has 27 heavy (non-hydrogen) atoms. The predicted molar refractivity (Wildman–Crippen MR) is 103 cm³/mol. The van der Waals surface area contributed by atoms with Crippen LogP contribution in [-0.4, -0.2) is 28.3 Å². The van der Waals surface area contributed by atoms with Crippen LogP contribution in [-0.2, 0) is 0 Å². The SMILES string of the molecule is N/C(=N\N=C\c1cc(Br)ccc1OC(=O)c1ccccc1)c1nonc1N. The molecule has 0 atom stereocenters. The predicted octanol–water partition coefficient (Wildman–Crippen LogP) is 2.37. The first-order valence-corrected chi connectivity index (χ1v) is 8.35. The Hall–Kier alpha value is -3.53. The van der Waals surface area contributed by atoms with Crippen LogP contribution >= 0.6 is 15.9 Å². The molecule has 1 aromatic heterocycles. The highest BCUT2D eigenvalue weighted by atomic mass is 79.9. The molecule has 9 nitrogen and oxygen atoms in total. The van der Waals surface area contributed by atoms with Gasteiger partial charge in [0.25, 0.3) is 0 Å². The lowest BCUT2D eigenvalue weighted by Crippen LogP contribution is -2.15. The zero-order valence-electron chi connectivity index (χ0n) is 13.7. The summed E-state index contributed by atoms with van der Waals surface area (Å²) in [5.41, 5.74) is 12.3. The van der Waals surface area contributed by atoms with Gasteiger partial charge in [0, 0.05) is 10.0 Å². The fraction of sp³-hybridized carbons (Fsp3) is 0. The van der Waals surface area contributed by atoms with Crippen LogP contribution in [0.3, 0.4) is 0 Å². The lowest BCUT2D eigenvalue weighted by molar-refractivity contribution is 0.0734. The van der Waals surface area contributed by atoms with Gasteiger partial charge < -0.3 is 16.2 Å².